The maximum Gasteiger partial charge on any atom is 0.319 e. The highest BCUT2D eigenvalue weighted by atomic mass is 19.1. The van der Waals surface area contributed by atoms with Gasteiger partial charge in [0.1, 0.15) is 5.82 Å². The van der Waals surface area contributed by atoms with Crippen LogP contribution in [0.2, 0.25) is 0 Å². The summed E-state index contributed by atoms with van der Waals surface area (Å²) in [5, 5.41) is 17.5. The Morgan fingerprint density at radius 3 is 2.53 bits per heavy atom. The van der Waals surface area contributed by atoms with Gasteiger partial charge in [-0.15, -0.1) is 0 Å². The second-order valence-corrected chi connectivity index (χ2v) is 10.3. The second kappa shape index (κ2) is 7.94. The van der Waals surface area contributed by atoms with Gasteiger partial charge >= 0.3 is 6.03 Å². The molecule has 1 aromatic heterocycles. The number of rotatable bonds is 5. The molecule has 6 nitrogen and oxygen atoms in total. The summed E-state index contributed by atoms with van der Waals surface area (Å²) >= 11 is 0. The summed E-state index contributed by atoms with van der Waals surface area (Å²) in [7, 11) is 0. The van der Waals surface area contributed by atoms with Crippen LogP contribution in [-0.2, 0) is 0 Å². The van der Waals surface area contributed by atoms with Crippen LogP contribution in [0.5, 0.6) is 0 Å². The molecule has 0 radical (unpaired) electrons. The zero-order valence-corrected chi connectivity index (χ0v) is 19.0. The van der Waals surface area contributed by atoms with Gasteiger partial charge in [-0.25, -0.2) is 14.2 Å². The molecule has 176 valence electrons. The first-order valence-corrected chi connectivity index (χ1v) is 12.1. The third kappa shape index (κ3) is 3.50. The number of amides is 2. The molecule has 0 spiro atoms. The first-order chi connectivity index (χ1) is 16.5. The maximum absolute atomic E-state index is 13.1. The lowest BCUT2D eigenvalue weighted by Crippen LogP contribution is -2.59. The standard InChI is InChI=1S/C27H29FN4O2/c28-18-5-7-19(8-6-18)30-25(34)31-27-12-9-26(10-13-27,11-14-27)24(33)15-22-20-3-1-2-4-21(20)23-16-29-17-32(22)23/h1-8,16-17,22,24,33H,9-15H2,(H2,30,31,34). The van der Waals surface area contributed by atoms with Crippen LogP contribution < -0.4 is 10.6 Å². The lowest BCUT2D eigenvalue weighted by molar-refractivity contribution is -0.0732. The molecule has 4 aliphatic rings. The third-order valence-corrected chi connectivity index (χ3v) is 8.54. The van der Waals surface area contributed by atoms with E-state index in [1.165, 1.54) is 23.3 Å². The van der Waals surface area contributed by atoms with Crippen molar-refractivity contribution in [1.29, 1.82) is 0 Å². The van der Waals surface area contributed by atoms with Crippen molar-refractivity contribution in [2.45, 2.75) is 62.6 Å². The van der Waals surface area contributed by atoms with Crippen LogP contribution in [0.25, 0.3) is 11.3 Å². The molecule has 3 aromatic rings. The topological polar surface area (TPSA) is 79.2 Å². The quantitative estimate of drug-likeness (QED) is 0.486. The number of fused-ring (bicyclic) bond motifs is 6. The molecule has 2 aromatic carbocycles. The predicted molar refractivity (Wildman–Crippen MR) is 128 cm³/mol. The van der Waals surface area contributed by atoms with E-state index in [4.69, 9.17) is 0 Å². The summed E-state index contributed by atoms with van der Waals surface area (Å²) < 4.78 is 15.3. The SMILES string of the molecule is O=C(Nc1ccc(F)cc1)NC12CCC(C(O)CC3c4ccccc4-c4cncn43)(CC1)CC2. The van der Waals surface area contributed by atoms with Crippen molar-refractivity contribution in [3.05, 3.63) is 72.4 Å². The summed E-state index contributed by atoms with van der Waals surface area (Å²) in [4.78, 5) is 17.0. The fraction of sp³-hybridized carbons (Fsp3) is 0.407. The zero-order chi connectivity index (χ0) is 23.3. The van der Waals surface area contributed by atoms with E-state index < -0.39 is 6.10 Å². The largest absolute Gasteiger partial charge is 0.392 e. The minimum Gasteiger partial charge on any atom is -0.392 e. The van der Waals surface area contributed by atoms with E-state index in [1.54, 1.807) is 12.1 Å². The molecule has 2 heterocycles. The Morgan fingerprint density at radius 2 is 1.79 bits per heavy atom. The van der Waals surface area contributed by atoms with Crippen molar-refractivity contribution in [3.8, 4) is 11.3 Å². The Morgan fingerprint density at radius 1 is 1.09 bits per heavy atom. The van der Waals surface area contributed by atoms with Gasteiger partial charge in [0.05, 0.1) is 30.4 Å². The summed E-state index contributed by atoms with van der Waals surface area (Å²) in [6.45, 7) is 0. The Balaban J connectivity index is 1.12. The average Bonchev–Trinajstić information content (AvgIpc) is 3.44. The average molecular weight is 461 g/mol. The van der Waals surface area contributed by atoms with Crippen LogP contribution in [0.4, 0.5) is 14.9 Å². The number of anilines is 1. The van der Waals surface area contributed by atoms with Gasteiger partial charge in [-0.1, -0.05) is 24.3 Å². The molecule has 2 atom stereocenters. The van der Waals surface area contributed by atoms with Gasteiger partial charge in [0.2, 0.25) is 0 Å². The number of nitrogens with zero attached hydrogens (tertiary/aromatic N) is 2. The van der Waals surface area contributed by atoms with Crippen molar-refractivity contribution in [2.24, 2.45) is 5.41 Å². The molecule has 3 N–H and O–H groups in total. The summed E-state index contributed by atoms with van der Waals surface area (Å²) in [5.41, 5.74) is 3.82. The van der Waals surface area contributed by atoms with E-state index in [0.717, 1.165) is 44.2 Å². The number of aromatic nitrogens is 2. The lowest BCUT2D eigenvalue weighted by atomic mass is 9.54. The zero-order valence-electron chi connectivity index (χ0n) is 19.0. The Hall–Kier alpha value is -3.19. The molecule has 3 aliphatic carbocycles. The number of aliphatic hydroxyl groups excluding tert-OH is 1. The van der Waals surface area contributed by atoms with Crippen molar-refractivity contribution >= 4 is 11.7 Å². The van der Waals surface area contributed by atoms with Crippen LogP contribution in [-0.4, -0.2) is 32.3 Å². The normalized spacial score (nSPS) is 27.6. The number of nitrogens with one attached hydrogen (secondary N) is 2. The monoisotopic (exact) mass is 460 g/mol. The number of benzene rings is 2. The summed E-state index contributed by atoms with van der Waals surface area (Å²) in [5.74, 6) is -0.329. The van der Waals surface area contributed by atoms with Gasteiger partial charge in [0.15, 0.2) is 0 Å². The van der Waals surface area contributed by atoms with Crippen LogP contribution in [0.1, 0.15) is 56.6 Å². The minimum atomic E-state index is -0.412. The first kappa shape index (κ1) is 21.4. The molecule has 34 heavy (non-hydrogen) atoms. The Labute approximate surface area is 198 Å². The fourth-order valence-corrected chi connectivity index (χ4v) is 6.47. The number of urea groups is 1. The van der Waals surface area contributed by atoms with E-state index in [-0.39, 0.29) is 28.8 Å². The van der Waals surface area contributed by atoms with E-state index in [0.29, 0.717) is 12.1 Å². The first-order valence-electron chi connectivity index (χ1n) is 12.1. The Bertz CT molecular complexity index is 1200. The van der Waals surface area contributed by atoms with Crippen LogP contribution in [0.15, 0.2) is 61.1 Å². The van der Waals surface area contributed by atoms with E-state index in [1.807, 2.05) is 12.5 Å². The van der Waals surface area contributed by atoms with Gasteiger partial charge in [0, 0.05) is 16.8 Å². The molecule has 0 saturated heterocycles. The predicted octanol–water partition coefficient (Wildman–Crippen LogP) is 5.26. The molecule has 2 unspecified atom stereocenters. The van der Waals surface area contributed by atoms with Crippen LogP contribution in [0.3, 0.4) is 0 Å². The number of aliphatic hydroxyl groups is 1. The molecule has 2 bridgehead atoms. The number of hydrogen-bond donors (Lipinski definition) is 3. The number of imidazole rings is 1. The Kier molecular flexibility index (Phi) is 4.99. The van der Waals surface area contributed by atoms with E-state index in [2.05, 4.69) is 44.5 Å². The molecule has 1 aliphatic heterocycles. The second-order valence-electron chi connectivity index (χ2n) is 10.3. The molecule has 7 heteroatoms. The van der Waals surface area contributed by atoms with E-state index in [9.17, 15) is 14.3 Å². The smallest absolute Gasteiger partial charge is 0.319 e. The highest BCUT2D eigenvalue weighted by Crippen LogP contribution is 2.56. The summed E-state index contributed by atoms with van der Waals surface area (Å²) in [6.07, 6.45) is 9.32. The van der Waals surface area contributed by atoms with Crippen molar-refractivity contribution in [2.75, 3.05) is 5.32 Å². The van der Waals surface area contributed by atoms with Crippen molar-refractivity contribution < 1.29 is 14.3 Å². The van der Waals surface area contributed by atoms with Gasteiger partial charge in [-0.05, 0) is 80.2 Å². The molecular weight excluding hydrogens is 431 g/mol. The molecule has 2 amide bonds. The molecular formula is C27H29FN4O2. The van der Waals surface area contributed by atoms with Crippen molar-refractivity contribution in [3.63, 3.8) is 0 Å². The van der Waals surface area contributed by atoms with Crippen LogP contribution in [0, 0.1) is 11.2 Å². The van der Waals surface area contributed by atoms with Gasteiger partial charge < -0.3 is 20.3 Å². The summed E-state index contributed by atoms with van der Waals surface area (Å²) in [6, 6.07) is 14.0. The van der Waals surface area contributed by atoms with Gasteiger partial charge in [-0.3, -0.25) is 0 Å². The molecule has 3 saturated carbocycles. The van der Waals surface area contributed by atoms with E-state index >= 15 is 0 Å². The van der Waals surface area contributed by atoms with Crippen LogP contribution >= 0.6 is 0 Å². The number of carbonyl (C=O) groups excluding carboxylic acids is 1. The van der Waals surface area contributed by atoms with Gasteiger partial charge in [-0.2, -0.15) is 0 Å². The highest BCUT2D eigenvalue weighted by Gasteiger charge is 2.53. The number of hydrogen-bond acceptors (Lipinski definition) is 3. The highest BCUT2D eigenvalue weighted by molar-refractivity contribution is 5.89. The maximum atomic E-state index is 13.1. The number of carbonyl (C=O) groups is 1. The minimum absolute atomic E-state index is 0.102. The molecule has 3 fully saturated rings. The van der Waals surface area contributed by atoms with Crippen molar-refractivity contribution in [1.82, 2.24) is 14.9 Å². The van der Waals surface area contributed by atoms with Gasteiger partial charge in [0.25, 0.3) is 0 Å². The number of halogens is 1. The lowest BCUT2D eigenvalue weighted by Gasteiger charge is -2.55. The fourth-order valence-electron chi connectivity index (χ4n) is 6.47. The molecule has 7 rings (SSSR count). The third-order valence-electron chi connectivity index (χ3n) is 8.54.